The highest BCUT2D eigenvalue weighted by Crippen LogP contribution is 2.19. The van der Waals surface area contributed by atoms with E-state index in [2.05, 4.69) is 25.9 Å². The van der Waals surface area contributed by atoms with Gasteiger partial charge in [0.1, 0.15) is 5.69 Å². The van der Waals surface area contributed by atoms with Crippen molar-refractivity contribution in [3.05, 3.63) is 39.3 Å². The van der Waals surface area contributed by atoms with Crippen LogP contribution in [0.15, 0.2) is 22.4 Å². The summed E-state index contributed by atoms with van der Waals surface area (Å²) >= 11 is 1.00. The van der Waals surface area contributed by atoms with Gasteiger partial charge in [0, 0.05) is 29.6 Å². The van der Waals surface area contributed by atoms with Crippen LogP contribution in [0.5, 0.6) is 5.75 Å². The van der Waals surface area contributed by atoms with Gasteiger partial charge < -0.3 is 15.4 Å². The van der Waals surface area contributed by atoms with Crippen LogP contribution in [0.1, 0.15) is 48.2 Å². The summed E-state index contributed by atoms with van der Waals surface area (Å²) in [6, 6.07) is 1.23. The normalized spacial score (nSPS) is 12.1. The molecular formula is C19H24N4O5S2. The maximum Gasteiger partial charge on any atom is 0.290 e. The second-order valence-corrected chi connectivity index (χ2v) is 9.38. The van der Waals surface area contributed by atoms with Crippen molar-refractivity contribution in [2.75, 3.05) is 11.0 Å². The number of nitrogens with zero attached hydrogens (tertiary/aromatic N) is 1. The Bertz CT molecular complexity index is 1070. The van der Waals surface area contributed by atoms with Crippen molar-refractivity contribution in [1.29, 1.82) is 0 Å². The predicted molar refractivity (Wildman–Crippen MR) is 116 cm³/mol. The molecule has 30 heavy (non-hydrogen) atoms. The molecule has 0 radical (unpaired) electrons. The van der Waals surface area contributed by atoms with Gasteiger partial charge >= 0.3 is 0 Å². The monoisotopic (exact) mass is 452 g/mol. The first-order valence-electron chi connectivity index (χ1n) is 9.26. The SMILES string of the molecule is C#CCCCCCC(Cc1cc[nH]c(=O)c1O)NC(=O)c1csc(NS(C)(=O)=O)n1. The number of terminal acetylenes is 1. The van der Waals surface area contributed by atoms with E-state index in [1.807, 2.05) is 0 Å². The summed E-state index contributed by atoms with van der Waals surface area (Å²) in [7, 11) is -3.49. The van der Waals surface area contributed by atoms with E-state index in [4.69, 9.17) is 6.42 Å². The topological polar surface area (TPSA) is 141 Å². The molecule has 9 nitrogen and oxygen atoms in total. The van der Waals surface area contributed by atoms with Crippen LogP contribution in [0.3, 0.4) is 0 Å². The first-order valence-corrected chi connectivity index (χ1v) is 12.0. The maximum absolute atomic E-state index is 12.6. The molecule has 0 aliphatic rings. The fourth-order valence-electron chi connectivity index (χ4n) is 2.80. The molecule has 4 N–H and O–H groups in total. The Morgan fingerprint density at radius 1 is 1.40 bits per heavy atom. The molecule has 0 saturated carbocycles. The molecule has 1 amide bonds. The number of rotatable bonds is 11. The minimum Gasteiger partial charge on any atom is -0.503 e. The van der Waals surface area contributed by atoms with E-state index in [-0.39, 0.29) is 29.0 Å². The second-order valence-electron chi connectivity index (χ2n) is 6.77. The Labute approximate surface area is 179 Å². The fourth-order valence-corrected chi connectivity index (χ4v) is 4.35. The van der Waals surface area contributed by atoms with Gasteiger partial charge in [-0.25, -0.2) is 13.4 Å². The zero-order chi connectivity index (χ0) is 22.1. The smallest absolute Gasteiger partial charge is 0.290 e. The third kappa shape index (κ3) is 7.53. The average Bonchev–Trinajstić information content (AvgIpc) is 3.12. The van der Waals surface area contributed by atoms with E-state index in [0.717, 1.165) is 36.9 Å². The molecule has 0 aliphatic heterocycles. The van der Waals surface area contributed by atoms with E-state index in [1.165, 1.54) is 11.6 Å². The molecule has 1 atom stereocenters. The zero-order valence-corrected chi connectivity index (χ0v) is 18.1. The van der Waals surface area contributed by atoms with Crippen molar-refractivity contribution in [3.8, 4) is 18.1 Å². The van der Waals surface area contributed by atoms with Gasteiger partial charge in [-0.1, -0.05) is 12.8 Å². The summed E-state index contributed by atoms with van der Waals surface area (Å²) in [5.74, 6) is 1.74. The van der Waals surface area contributed by atoms with Crippen molar-refractivity contribution in [1.82, 2.24) is 15.3 Å². The summed E-state index contributed by atoms with van der Waals surface area (Å²) in [5.41, 5.74) is -0.0911. The number of amides is 1. The predicted octanol–water partition coefficient (Wildman–Crippen LogP) is 1.83. The number of aromatic amines is 1. The van der Waals surface area contributed by atoms with Crippen molar-refractivity contribution < 1.29 is 18.3 Å². The number of unbranched alkanes of at least 4 members (excludes halogenated alkanes) is 3. The number of hydrogen-bond acceptors (Lipinski definition) is 7. The van der Waals surface area contributed by atoms with Gasteiger partial charge in [-0.2, -0.15) is 0 Å². The first kappa shape index (κ1) is 23.4. The van der Waals surface area contributed by atoms with Crippen LogP contribution in [0.2, 0.25) is 0 Å². The molecule has 0 bridgehead atoms. The van der Waals surface area contributed by atoms with Crippen molar-refractivity contribution in [3.63, 3.8) is 0 Å². The summed E-state index contributed by atoms with van der Waals surface area (Å²) in [6.45, 7) is 0. The quantitative estimate of drug-likeness (QED) is 0.303. The van der Waals surface area contributed by atoms with Crippen LogP contribution in [-0.2, 0) is 16.4 Å². The van der Waals surface area contributed by atoms with Gasteiger partial charge in [-0.15, -0.1) is 23.7 Å². The minimum absolute atomic E-state index is 0.0820. The van der Waals surface area contributed by atoms with Crippen LogP contribution in [-0.4, -0.2) is 41.7 Å². The number of anilines is 1. The lowest BCUT2D eigenvalue weighted by Crippen LogP contribution is -2.37. The lowest BCUT2D eigenvalue weighted by Gasteiger charge is -2.19. The molecule has 2 aromatic heterocycles. The van der Waals surface area contributed by atoms with Crippen molar-refractivity contribution >= 4 is 32.4 Å². The van der Waals surface area contributed by atoms with Crippen LogP contribution in [0, 0.1) is 12.3 Å². The minimum atomic E-state index is -3.49. The number of carbonyl (C=O) groups is 1. The van der Waals surface area contributed by atoms with Gasteiger partial charge in [0.25, 0.3) is 11.5 Å². The molecule has 2 aromatic rings. The number of nitrogens with one attached hydrogen (secondary N) is 3. The maximum atomic E-state index is 12.6. The number of aromatic hydroxyl groups is 1. The van der Waals surface area contributed by atoms with Crippen molar-refractivity contribution in [2.45, 2.75) is 44.6 Å². The van der Waals surface area contributed by atoms with E-state index < -0.39 is 21.5 Å². The van der Waals surface area contributed by atoms with Crippen LogP contribution in [0.4, 0.5) is 5.13 Å². The van der Waals surface area contributed by atoms with Crippen molar-refractivity contribution in [2.24, 2.45) is 0 Å². The second kappa shape index (κ2) is 10.8. The highest BCUT2D eigenvalue weighted by molar-refractivity contribution is 7.92. The largest absolute Gasteiger partial charge is 0.503 e. The zero-order valence-electron chi connectivity index (χ0n) is 16.5. The number of aromatic nitrogens is 2. The first-order chi connectivity index (χ1) is 14.2. The number of sulfonamides is 1. The van der Waals surface area contributed by atoms with Crippen LogP contribution in [0.25, 0.3) is 0 Å². The Morgan fingerprint density at radius 3 is 2.87 bits per heavy atom. The highest BCUT2D eigenvalue weighted by Gasteiger charge is 2.19. The highest BCUT2D eigenvalue weighted by atomic mass is 32.2. The summed E-state index contributed by atoms with van der Waals surface area (Å²) in [4.78, 5) is 30.6. The molecule has 11 heteroatoms. The Balaban J connectivity index is 2.09. The number of carbonyl (C=O) groups excluding carboxylic acids is 1. The van der Waals surface area contributed by atoms with E-state index in [1.54, 1.807) is 6.07 Å². The van der Waals surface area contributed by atoms with Gasteiger partial charge in [-0.05, 0) is 25.3 Å². The number of H-pyrrole nitrogens is 1. The molecule has 0 fully saturated rings. The van der Waals surface area contributed by atoms with Gasteiger partial charge in [0.15, 0.2) is 10.9 Å². The molecule has 0 aromatic carbocycles. The van der Waals surface area contributed by atoms with E-state index >= 15 is 0 Å². The Hall–Kier alpha value is -2.84. The molecule has 2 heterocycles. The Morgan fingerprint density at radius 2 is 2.17 bits per heavy atom. The van der Waals surface area contributed by atoms with E-state index in [9.17, 15) is 23.1 Å². The Kier molecular flexibility index (Phi) is 8.44. The summed E-state index contributed by atoms with van der Waals surface area (Å²) < 4.78 is 24.8. The molecule has 0 saturated heterocycles. The summed E-state index contributed by atoms with van der Waals surface area (Å²) in [6.07, 6.45) is 11.8. The third-order valence-corrected chi connectivity index (χ3v) is 5.65. The van der Waals surface area contributed by atoms with Gasteiger partial charge in [0.2, 0.25) is 10.0 Å². The lowest BCUT2D eigenvalue weighted by molar-refractivity contribution is 0.0929. The molecule has 162 valence electrons. The standard InChI is InChI=1S/C19H24N4O5S2/c1-3-4-5-6-7-8-14(11-13-9-10-20-18(26)16(13)24)21-17(25)15-12-29-19(22-15)23-30(2,27)28/h1,9-10,12,14,24H,4-8,11H2,2H3,(H,20,26)(H,21,25)(H,22,23). The average molecular weight is 453 g/mol. The van der Waals surface area contributed by atoms with E-state index in [0.29, 0.717) is 18.4 Å². The molecule has 2 rings (SSSR count). The number of pyridine rings is 1. The summed E-state index contributed by atoms with van der Waals surface area (Å²) in [5, 5.41) is 14.4. The number of thiazole rings is 1. The van der Waals surface area contributed by atoms with Gasteiger partial charge in [0.05, 0.1) is 6.26 Å². The molecular weight excluding hydrogens is 428 g/mol. The molecule has 0 aliphatic carbocycles. The fraction of sp³-hybridized carbons (Fsp3) is 0.421. The van der Waals surface area contributed by atoms with Gasteiger partial charge in [-0.3, -0.25) is 14.3 Å². The lowest BCUT2D eigenvalue weighted by atomic mass is 10.00. The molecule has 1 unspecified atom stereocenters. The van der Waals surface area contributed by atoms with Crippen LogP contribution < -0.4 is 15.6 Å². The third-order valence-electron chi connectivity index (χ3n) is 4.20. The number of hydrogen-bond donors (Lipinski definition) is 4. The molecule has 0 spiro atoms. The van der Waals surface area contributed by atoms with Crippen LogP contribution >= 0.6 is 11.3 Å².